The zero-order chi connectivity index (χ0) is 23.5. The largest absolute Gasteiger partial charge is 0.375 e. The van der Waals surface area contributed by atoms with Crippen molar-refractivity contribution in [1.82, 2.24) is 20.3 Å². The molecule has 0 atom stereocenters. The number of benzene rings is 2. The lowest BCUT2D eigenvalue weighted by Gasteiger charge is -2.22. The molecular formula is C24H24N6O2S2. The zero-order valence-corrected chi connectivity index (χ0v) is 19.9. The molecule has 10 heteroatoms. The van der Waals surface area contributed by atoms with Crippen molar-refractivity contribution in [3.63, 3.8) is 0 Å². The highest BCUT2D eigenvalue weighted by atomic mass is 32.2. The van der Waals surface area contributed by atoms with Crippen LogP contribution in [0.1, 0.15) is 24.0 Å². The number of nitrogens with one attached hydrogen (secondary N) is 2. The number of nitrogen functional groups attached to an aromatic ring is 1. The molecule has 8 nitrogen and oxygen atoms in total. The van der Waals surface area contributed by atoms with E-state index in [4.69, 9.17) is 5.73 Å². The van der Waals surface area contributed by atoms with Crippen LogP contribution >= 0.6 is 11.3 Å². The third-order valence-electron chi connectivity index (χ3n) is 5.73. The lowest BCUT2D eigenvalue weighted by molar-refractivity contribution is 0.496. The molecule has 2 aromatic heterocycles. The first-order valence-corrected chi connectivity index (χ1v) is 13.3. The van der Waals surface area contributed by atoms with Crippen molar-refractivity contribution in [2.75, 3.05) is 24.1 Å². The van der Waals surface area contributed by atoms with E-state index in [2.05, 4.69) is 25.6 Å². The van der Waals surface area contributed by atoms with Crippen molar-refractivity contribution in [2.24, 2.45) is 0 Å². The van der Waals surface area contributed by atoms with Gasteiger partial charge in [0.2, 0.25) is 5.95 Å². The summed E-state index contributed by atoms with van der Waals surface area (Å²) in [5, 5.41) is 6.56. The summed E-state index contributed by atoms with van der Waals surface area (Å²) in [6.45, 7) is 1.48. The minimum absolute atomic E-state index is 0.321. The van der Waals surface area contributed by atoms with Crippen LogP contribution in [0.25, 0.3) is 22.4 Å². The molecule has 3 heterocycles. The molecule has 0 bridgehead atoms. The molecule has 4 N–H and O–H groups in total. The van der Waals surface area contributed by atoms with Gasteiger partial charge in [0.05, 0.1) is 20.4 Å². The second-order valence-electron chi connectivity index (χ2n) is 8.10. The van der Waals surface area contributed by atoms with Crippen molar-refractivity contribution in [3.8, 4) is 0 Å². The Hall–Kier alpha value is -3.34. The summed E-state index contributed by atoms with van der Waals surface area (Å²) in [7, 11) is -3.31. The SMILES string of the molecule is Nc1nc2ccc(C=Cc3cnc(Nc4ccc(S(=O)(=O)C5CCNCC5)cc4)nc3)cc2s1. The Kier molecular flexibility index (Phi) is 6.27. The molecular weight excluding hydrogens is 468 g/mol. The minimum Gasteiger partial charge on any atom is -0.375 e. The molecule has 0 aliphatic carbocycles. The standard InChI is InChI=1S/C24H24N6O2S2/c25-23-30-21-8-3-16(13-22(21)33-23)1-2-17-14-27-24(28-15-17)29-18-4-6-19(7-5-18)34(31,32)20-9-11-26-12-10-20/h1-8,13-15,20,26H,9-12H2,(H2,25,30)(H,27,28,29). The maximum Gasteiger partial charge on any atom is 0.227 e. The molecule has 0 saturated carbocycles. The Morgan fingerprint density at radius 1 is 1.00 bits per heavy atom. The average Bonchev–Trinajstić information content (AvgIpc) is 3.24. The number of nitrogens with zero attached hydrogens (tertiary/aromatic N) is 3. The minimum atomic E-state index is -3.31. The summed E-state index contributed by atoms with van der Waals surface area (Å²) in [6, 6.07) is 12.8. The number of nitrogens with two attached hydrogens (primary N) is 1. The molecule has 34 heavy (non-hydrogen) atoms. The number of aromatic nitrogens is 3. The molecule has 0 amide bonds. The first-order chi connectivity index (χ1) is 16.5. The van der Waals surface area contributed by atoms with Crippen molar-refractivity contribution in [1.29, 1.82) is 0 Å². The van der Waals surface area contributed by atoms with Crippen LogP contribution in [0.15, 0.2) is 59.8 Å². The van der Waals surface area contributed by atoms with Crippen molar-refractivity contribution < 1.29 is 8.42 Å². The Labute approximate surface area is 201 Å². The van der Waals surface area contributed by atoms with E-state index in [0.717, 1.165) is 40.1 Å². The van der Waals surface area contributed by atoms with Gasteiger partial charge in [0.15, 0.2) is 15.0 Å². The monoisotopic (exact) mass is 492 g/mol. The third-order valence-corrected chi connectivity index (χ3v) is 8.86. The maximum atomic E-state index is 12.8. The van der Waals surface area contributed by atoms with Crippen LogP contribution in [-0.4, -0.2) is 41.7 Å². The second-order valence-corrected chi connectivity index (χ2v) is 11.4. The van der Waals surface area contributed by atoms with E-state index in [1.807, 2.05) is 30.4 Å². The van der Waals surface area contributed by atoms with Crippen LogP contribution in [0.3, 0.4) is 0 Å². The number of thiazole rings is 1. The lowest BCUT2D eigenvalue weighted by atomic mass is 10.2. The molecule has 1 saturated heterocycles. The van der Waals surface area contributed by atoms with Crippen molar-refractivity contribution in [2.45, 2.75) is 23.0 Å². The molecule has 1 fully saturated rings. The summed E-state index contributed by atoms with van der Waals surface area (Å²) in [6.07, 6.45) is 8.67. The number of hydrogen-bond acceptors (Lipinski definition) is 9. The van der Waals surface area contributed by atoms with Gasteiger partial charge < -0.3 is 16.4 Å². The molecule has 0 radical (unpaired) electrons. The fourth-order valence-electron chi connectivity index (χ4n) is 3.90. The predicted molar refractivity (Wildman–Crippen MR) is 138 cm³/mol. The molecule has 2 aromatic carbocycles. The molecule has 1 aliphatic heterocycles. The van der Waals surface area contributed by atoms with Crippen molar-refractivity contribution in [3.05, 3.63) is 66.0 Å². The van der Waals surface area contributed by atoms with Gasteiger partial charge in [0, 0.05) is 23.6 Å². The van der Waals surface area contributed by atoms with Gasteiger partial charge in [0.25, 0.3) is 0 Å². The number of rotatable bonds is 6. The topological polar surface area (TPSA) is 123 Å². The normalized spacial score (nSPS) is 15.2. The van der Waals surface area contributed by atoms with E-state index in [1.165, 1.54) is 11.3 Å². The number of hydrogen-bond donors (Lipinski definition) is 3. The van der Waals surface area contributed by atoms with Gasteiger partial charge in [-0.1, -0.05) is 29.6 Å². The fraction of sp³-hybridized carbons (Fsp3) is 0.208. The van der Waals surface area contributed by atoms with Gasteiger partial charge >= 0.3 is 0 Å². The van der Waals surface area contributed by atoms with E-state index in [0.29, 0.717) is 28.8 Å². The fourth-order valence-corrected chi connectivity index (χ4v) is 6.44. The Morgan fingerprint density at radius 3 is 2.44 bits per heavy atom. The van der Waals surface area contributed by atoms with Crippen LogP contribution in [0.4, 0.5) is 16.8 Å². The number of sulfone groups is 1. The lowest BCUT2D eigenvalue weighted by Crippen LogP contribution is -2.35. The summed E-state index contributed by atoms with van der Waals surface area (Å²) in [5.41, 5.74) is 9.29. The Morgan fingerprint density at radius 2 is 1.71 bits per heavy atom. The highest BCUT2D eigenvalue weighted by Gasteiger charge is 2.28. The van der Waals surface area contributed by atoms with Crippen LogP contribution in [-0.2, 0) is 9.84 Å². The molecule has 4 aromatic rings. The second kappa shape index (κ2) is 9.49. The van der Waals surface area contributed by atoms with Crippen LogP contribution in [0.2, 0.25) is 0 Å². The summed E-state index contributed by atoms with van der Waals surface area (Å²) in [4.78, 5) is 13.3. The van der Waals surface area contributed by atoms with E-state index in [9.17, 15) is 8.42 Å². The molecule has 0 spiro atoms. The number of anilines is 3. The van der Waals surface area contributed by atoms with Gasteiger partial charge in [-0.05, 0) is 67.9 Å². The first kappa shape index (κ1) is 22.5. The van der Waals surface area contributed by atoms with Gasteiger partial charge in [-0.2, -0.15) is 0 Å². The maximum absolute atomic E-state index is 12.8. The summed E-state index contributed by atoms with van der Waals surface area (Å²) >= 11 is 1.46. The Balaban J connectivity index is 1.23. The highest BCUT2D eigenvalue weighted by molar-refractivity contribution is 7.92. The van der Waals surface area contributed by atoms with Crippen molar-refractivity contribution >= 4 is 60.3 Å². The van der Waals surface area contributed by atoms with E-state index >= 15 is 0 Å². The van der Waals surface area contributed by atoms with Crippen LogP contribution in [0, 0.1) is 0 Å². The molecule has 0 unspecified atom stereocenters. The Bertz CT molecular complexity index is 1420. The van der Waals surface area contributed by atoms with Gasteiger partial charge in [-0.25, -0.2) is 23.4 Å². The van der Waals surface area contributed by atoms with Gasteiger partial charge in [-0.3, -0.25) is 0 Å². The zero-order valence-electron chi connectivity index (χ0n) is 18.3. The molecule has 174 valence electrons. The average molecular weight is 493 g/mol. The third kappa shape index (κ3) is 4.93. The first-order valence-electron chi connectivity index (χ1n) is 11.0. The molecule has 5 rings (SSSR count). The number of piperidine rings is 1. The quantitative estimate of drug-likeness (QED) is 0.367. The smallest absolute Gasteiger partial charge is 0.227 e. The van der Waals surface area contributed by atoms with Crippen LogP contribution < -0.4 is 16.4 Å². The van der Waals surface area contributed by atoms with E-state index < -0.39 is 9.84 Å². The summed E-state index contributed by atoms with van der Waals surface area (Å²) in [5.74, 6) is 0.438. The highest BCUT2D eigenvalue weighted by Crippen LogP contribution is 2.26. The molecule has 1 aliphatic rings. The predicted octanol–water partition coefficient (Wildman–Crippen LogP) is 4.11. The number of fused-ring (bicyclic) bond motifs is 1. The summed E-state index contributed by atoms with van der Waals surface area (Å²) < 4.78 is 26.7. The van der Waals surface area contributed by atoms with Gasteiger partial charge in [0.1, 0.15) is 0 Å². The van der Waals surface area contributed by atoms with Crippen LogP contribution in [0.5, 0.6) is 0 Å². The van der Waals surface area contributed by atoms with E-state index in [-0.39, 0.29) is 5.25 Å². The van der Waals surface area contributed by atoms with E-state index in [1.54, 1.807) is 36.7 Å². The van der Waals surface area contributed by atoms with Gasteiger partial charge in [-0.15, -0.1) is 0 Å².